The highest BCUT2D eigenvalue weighted by atomic mass is 16.5. The van der Waals surface area contributed by atoms with Crippen molar-refractivity contribution in [2.45, 2.75) is 20.0 Å². The van der Waals surface area contributed by atoms with Crippen molar-refractivity contribution in [3.63, 3.8) is 0 Å². The van der Waals surface area contributed by atoms with Gasteiger partial charge in [-0.3, -0.25) is 0 Å². The van der Waals surface area contributed by atoms with Crippen LogP contribution in [0.3, 0.4) is 0 Å². The van der Waals surface area contributed by atoms with Gasteiger partial charge in [-0.1, -0.05) is 43.3 Å². The second-order valence-corrected chi connectivity index (χ2v) is 3.96. The van der Waals surface area contributed by atoms with Crippen molar-refractivity contribution >= 4 is 0 Å². The van der Waals surface area contributed by atoms with Crippen molar-refractivity contribution in [2.75, 3.05) is 0 Å². The third-order valence-corrected chi connectivity index (χ3v) is 2.49. The minimum atomic E-state index is 0.598. The predicted molar refractivity (Wildman–Crippen MR) is 62.2 cm³/mol. The fourth-order valence-corrected chi connectivity index (χ4v) is 1.64. The van der Waals surface area contributed by atoms with Crippen molar-refractivity contribution in [2.24, 2.45) is 5.92 Å². The number of rotatable bonds is 3. The van der Waals surface area contributed by atoms with Crippen molar-refractivity contribution in [3.05, 3.63) is 59.9 Å². The largest absolute Gasteiger partial charge is 0.489 e. The molecule has 0 bridgehead atoms. The van der Waals surface area contributed by atoms with Crippen molar-refractivity contribution in [1.82, 2.24) is 0 Å². The van der Waals surface area contributed by atoms with Gasteiger partial charge in [-0.05, 0) is 30.1 Å². The predicted octanol–water partition coefficient (Wildman–Crippen LogP) is 3.68. The van der Waals surface area contributed by atoms with Crippen LogP contribution in [0.1, 0.15) is 18.9 Å². The first kappa shape index (κ1) is 10.0. The van der Waals surface area contributed by atoms with E-state index in [4.69, 9.17) is 4.74 Å². The molecule has 0 fully saturated rings. The highest BCUT2D eigenvalue weighted by Crippen LogP contribution is 2.17. The summed E-state index contributed by atoms with van der Waals surface area (Å²) < 4.78 is 5.71. The lowest BCUT2D eigenvalue weighted by atomic mass is 10.0. The Hall–Kier alpha value is -1.50. The summed E-state index contributed by atoms with van der Waals surface area (Å²) in [7, 11) is 0. The molecule has 1 unspecified atom stereocenters. The Morgan fingerprint density at radius 3 is 2.80 bits per heavy atom. The molecule has 1 aliphatic carbocycles. The average molecular weight is 200 g/mol. The van der Waals surface area contributed by atoms with E-state index >= 15 is 0 Å². The second-order valence-electron chi connectivity index (χ2n) is 3.96. The summed E-state index contributed by atoms with van der Waals surface area (Å²) in [4.78, 5) is 0. The van der Waals surface area contributed by atoms with E-state index in [1.807, 2.05) is 18.2 Å². The van der Waals surface area contributed by atoms with Gasteiger partial charge in [-0.25, -0.2) is 0 Å². The normalized spacial score (nSPS) is 19.8. The van der Waals surface area contributed by atoms with Crippen LogP contribution in [0.4, 0.5) is 0 Å². The number of benzene rings is 1. The maximum absolute atomic E-state index is 5.71. The van der Waals surface area contributed by atoms with Crippen LogP contribution in [-0.4, -0.2) is 0 Å². The van der Waals surface area contributed by atoms with Crippen LogP contribution >= 0.6 is 0 Å². The molecule has 2 rings (SSSR count). The lowest BCUT2D eigenvalue weighted by molar-refractivity contribution is 0.207. The smallest absolute Gasteiger partial charge is 0.115 e. The van der Waals surface area contributed by atoms with Gasteiger partial charge in [0.05, 0.1) is 0 Å². The van der Waals surface area contributed by atoms with Gasteiger partial charge in [0.15, 0.2) is 0 Å². The summed E-state index contributed by atoms with van der Waals surface area (Å²) >= 11 is 0. The molecule has 1 nitrogen and oxygen atoms in total. The minimum Gasteiger partial charge on any atom is -0.489 e. The fourth-order valence-electron chi connectivity index (χ4n) is 1.64. The first-order chi connectivity index (χ1) is 7.34. The van der Waals surface area contributed by atoms with Gasteiger partial charge in [0.1, 0.15) is 12.4 Å². The SMILES string of the molecule is CC1C=C(OCc2ccccc2)C=CC1. The Kier molecular flexibility index (Phi) is 3.23. The highest BCUT2D eigenvalue weighted by Gasteiger charge is 2.04. The Morgan fingerprint density at radius 1 is 1.27 bits per heavy atom. The fraction of sp³-hybridized carbons (Fsp3) is 0.286. The molecule has 0 saturated heterocycles. The summed E-state index contributed by atoms with van der Waals surface area (Å²) in [6.45, 7) is 2.86. The van der Waals surface area contributed by atoms with Crippen LogP contribution in [0.25, 0.3) is 0 Å². The van der Waals surface area contributed by atoms with Gasteiger partial charge in [0.2, 0.25) is 0 Å². The minimum absolute atomic E-state index is 0.598. The molecule has 15 heavy (non-hydrogen) atoms. The van der Waals surface area contributed by atoms with E-state index in [0.29, 0.717) is 12.5 Å². The summed E-state index contributed by atoms with van der Waals surface area (Å²) in [5.74, 6) is 1.60. The topological polar surface area (TPSA) is 9.23 Å². The van der Waals surface area contributed by atoms with Gasteiger partial charge < -0.3 is 4.74 Å². The number of allylic oxidation sites excluding steroid dienone is 3. The Balaban J connectivity index is 1.91. The third kappa shape index (κ3) is 2.98. The van der Waals surface area contributed by atoms with Gasteiger partial charge >= 0.3 is 0 Å². The molecule has 0 aliphatic heterocycles. The molecule has 0 N–H and O–H groups in total. The molecule has 78 valence electrons. The zero-order valence-corrected chi connectivity index (χ0v) is 9.02. The lowest BCUT2D eigenvalue weighted by Gasteiger charge is -2.13. The molecule has 1 aromatic rings. The summed E-state index contributed by atoms with van der Waals surface area (Å²) in [6, 6.07) is 10.2. The van der Waals surface area contributed by atoms with E-state index in [1.165, 1.54) is 5.56 Å². The Morgan fingerprint density at radius 2 is 2.07 bits per heavy atom. The first-order valence-electron chi connectivity index (χ1n) is 5.39. The molecule has 0 aromatic heterocycles. The van der Waals surface area contributed by atoms with E-state index in [0.717, 1.165) is 12.2 Å². The first-order valence-corrected chi connectivity index (χ1v) is 5.39. The molecule has 0 saturated carbocycles. The molecule has 0 amide bonds. The molecule has 0 heterocycles. The second kappa shape index (κ2) is 4.83. The van der Waals surface area contributed by atoms with E-state index in [-0.39, 0.29) is 0 Å². The highest BCUT2D eigenvalue weighted by molar-refractivity contribution is 5.19. The standard InChI is InChI=1S/C14H16O/c1-12-6-5-9-14(10-12)15-11-13-7-3-2-4-8-13/h2-5,7-10,12H,6,11H2,1H3. The molecule has 1 heteroatoms. The Bertz CT molecular complexity index is 362. The van der Waals surface area contributed by atoms with Gasteiger partial charge in [-0.15, -0.1) is 0 Å². The van der Waals surface area contributed by atoms with Crippen molar-refractivity contribution in [1.29, 1.82) is 0 Å². The van der Waals surface area contributed by atoms with E-state index < -0.39 is 0 Å². The quantitative estimate of drug-likeness (QED) is 0.723. The van der Waals surface area contributed by atoms with Crippen molar-refractivity contribution in [3.8, 4) is 0 Å². The summed E-state index contributed by atoms with van der Waals surface area (Å²) in [6.07, 6.45) is 7.54. The number of ether oxygens (including phenoxy) is 1. The van der Waals surface area contributed by atoms with Crippen LogP contribution in [0.5, 0.6) is 0 Å². The molecular weight excluding hydrogens is 184 g/mol. The average Bonchev–Trinajstić information content (AvgIpc) is 2.28. The molecule has 1 atom stereocenters. The molecule has 1 aliphatic rings. The van der Waals surface area contributed by atoms with Crippen LogP contribution < -0.4 is 0 Å². The zero-order chi connectivity index (χ0) is 10.5. The molecular formula is C14H16O. The van der Waals surface area contributed by atoms with Gasteiger partial charge in [-0.2, -0.15) is 0 Å². The number of hydrogen-bond donors (Lipinski definition) is 0. The summed E-state index contributed by atoms with van der Waals surface area (Å²) in [5.41, 5.74) is 1.21. The Labute approximate surface area is 91.1 Å². The van der Waals surface area contributed by atoms with Gasteiger partial charge in [0, 0.05) is 0 Å². The van der Waals surface area contributed by atoms with Crippen LogP contribution in [0.2, 0.25) is 0 Å². The zero-order valence-electron chi connectivity index (χ0n) is 9.02. The maximum Gasteiger partial charge on any atom is 0.115 e. The molecule has 1 aromatic carbocycles. The monoisotopic (exact) mass is 200 g/mol. The molecule has 0 spiro atoms. The molecule has 0 radical (unpaired) electrons. The lowest BCUT2D eigenvalue weighted by Crippen LogP contribution is -1.99. The van der Waals surface area contributed by atoms with E-state index in [2.05, 4.69) is 37.3 Å². The van der Waals surface area contributed by atoms with Crippen LogP contribution in [-0.2, 0) is 11.3 Å². The van der Waals surface area contributed by atoms with Gasteiger partial charge in [0.25, 0.3) is 0 Å². The van der Waals surface area contributed by atoms with Crippen LogP contribution in [0.15, 0.2) is 54.3 Å². The third-order valence-electron chi connectivity index (χ3n) is 2.49. The van der Waals surface area contributed by atoms with Crippen LogP contribution in [0, 0.1) is 5.92 Å². The van der Waals surface area contributed by atoms with E-state index in [1.54, 1.807) is 0 Å². The van der Waals surface area contributed by atoms with E-state index in [9.17, 15) is 0 Å². The number of hydrogen-bond acceptors (Lipinski definition) is 1. The summed E-state index contributed by atoms with van der Waals surface area (Å²) in [5, 5.41) is 0. The maximum atomic E-state index is 5.71. The van der Waals surface area contributed by atoms with Crippen molar-refractivity contribution < 1.29 is 4.74 Å².